The molecule has 100 valence electrons. The molecule has 4 heteroatoms. The Bertz CT molecular complexity index is 465. The molecule has 0 aliphatic carbocycles. The topological polar surface area (TPSA) is 24.1 Å². The van der Waals surface area contributed by atoms with Crippen molar-refractivity contribution in [3.63, 3.8) is 0 Å². The van der Waals surface area contributed by atoms with Crippen molar-refractivity contribution < 1.29 is 0 Å². The second-order valence-electron chi connectivity index (χ2n) is 5.77. The van der Waals surface area contributed by atoms with Gasteiger partial charge in [0.1, 0.15) is 0 Å². The van der Waals surface area contributed by atoms with Crippen LogP contribution >= 0.6 is 22.7 Å². The molecule has 0 radical (unpaired) electrons. The third kappa shape index (κ3) is 4.05. The fraction of sp³-hybridized carbons (Fsp3) is 0.571. The van der Waals surface area contributed by atoms with Crippen LogP contribution in [0.1, 0.15) is 32.6 Å². The second-order valence-corrected chi connectivity index (χ2v) is 7.89. The van der Waals surface area contributed by atoms with Gasteiger partial charge in [0.05, 0.1) is 0 Å². The quantitative estimate of drug-likeness (QED) is 0.871. The number of rotatable bonds is 5. The van der Waals surface area contributed by atoms with Crippen molar-refractivity contribution in [3.05, 3.63) is 22.4 Å². The van der Waals surface area contributed by atoms with Crippen molar-refractivity contribution in [1.82, 2.24) is 10.6 Å². The van der Waals surface area contributed by atoms with E-state index in [1.54, 1.807) is 0 Å². The van der Waals surface area contributed by atoms with Gasteiger partial charge < -0.3 is 10.6 Å². The van der Waals surface area contributed by atoms with E-state index in [0.717, 1.165) is 13.1 Å². The summed E-state index contributed by atoms with van der Waals surface area (Å²) < 4.78 is 2.83. The zero-order valence-corrected chi connectivity index (χ0v) is 13.2. The fourth-order valence-corrected chi connectivity index (χ4v) is 3.79. The van der Waals surface area contributed by atoms with Gasteiger partial charge in [0.25, 0.3) is 0 Å². The van der Waals surface area contributed by atoms with Crippen LogP contribution in [0.3, 0.4) is 0 Å². The monoisotopic (exact) mass is 282 g/mol. The van der Waals surface area contributed by atoms with Crippen molar-refractivity contribution >= 4 is 32.1 Å². The molecule has 18 heavy (non-hydrogen) atoms. The molecule has 2 nitrogen and oxygen atoms in total. The second kappa shape index (κ2) is 5.70. The van der Waals surface area contributed by atoms with E-state index in [1.807, 2.05) is 22.7 Å². The van der Waals surface area contributed by atoms with Crippen LogP contribution in [0.4, 0.5) is 0 Å². The largest absolute Gasteiger partial charge is 0.311 e. The maximum atomic E-state index is 3.57. The van der Waals surface area contributed by atoms with E-state index >= 15 is 0 Å². The van der Waals surface area contributed by atoms with Crippen LogP contribution in [0.5, 0.6) is 0 Å². The highest BCUT2D eigenvalue weighted by Gasteiger charge is 2.11. The van der Waals surface area contributed by atoms with E-state index in [-0.39, 0.29) is 5.54 Å². The molecule has 2 aromatic heterocycles. The molecule has 2 N–H and O–H groups in total. The lowest BCUT2D eigenvalue weighted by molar-refractivity contribution is 0.388. The predicted molar refractivity (Wildman–Crippen MR) is 83.8 cm³/mol. The van der Waals surface area contributed by atoms with Gasteiger partial charge in [-0.25, -0.2) is 0 Å². The summed E-state index contributed by atoms with van der Waals surface area (Å²) in [5.74, 6) is 0. The first-order valence-corrected chi connectivity index (χ1v) is 8.08. The number of fused-ring (bicyclic) bond motifs is 1. The molecule has 2 heterocycles. The summed E-state index contributed by atoms with van der Waals surface area (Å²) in [4.78, 5) is 1.43. The molecule has 0 bridgehead atoms. The molecule has 1 unspecified atom stereocenters. The average Bonchev–Trinajstić information content (AvgIpc) is 2.82. The number of nitrogens with one attached hydrogen (secondary N) is 2. The highest BCUT2D eigenvalue weighted by molar-refractivity contribution is 7.26. The molecular formula is C14H22N2S2. The van der Waals surface area contributed by atoms with Crippen LogP contribution in [0, 0.1) is 0 Å². The minimum Gasteiger partial charge on any atom is -0.311 e. The van der Waals surface area contributed by atoms with Crippen molar-refractivity contribution in [2.75, 3.05) is 6.54 Å². The molecule has 0 aliphatic rings. The summed E-state index contributed by atoms with van der Waals surface area (Å²) in [6.45, 7) is 10.8. The Morgan fingerprint density at radius 2 is 2.06 bits per heavy atom. The van der Waals surface area contributed by atoms with Gasteiger partial charge in [-0.2, -0.15) is 0 Å². The van der Waals surface area contributed by atoms with Gasteiger partial charge in [-0.1, -0.05) is 0 Å². The molecule has 2 rings (SSSR count). The zero-order valence-electron chi connectivity index (χ0n) is 11.5. The normalized spacial score (nSPS) is 14.2. The Labute approximate surface area is 117 Å². The Balaban J connectivity index is 1.79. The van der Waals surface area contributed by atoms with Gasteiger partial charge in [-0.3, -0.25) is 0 Å². The molecule has 0 saturated heterocycles. The summed E-state index contributed by atoms with van der Waals surface area (Å²) in [5.41, 5.74) is 0.196. The van der Waals surface area contributed by atoms with Gasteiger partial charge in [0.15, 0.2) is 0 Å². The molecule has 2 aromatic rings. The van der Waals surface area contributed by atoms with Crippen molar-refractivity contribution in [2.45, 2.75) is 45.8 Å². The van der Waals surface area contributed by atoms with Crippen molar-refractivity contribution in [2.24, 2.45) is 0 Å². The summed E-state index contributed by atoms with van der Waals surface area (Å²) in [6.07, 6.45) is 0. The highest BCUT2D eigenvalue weighted by Crippen LogP contribution is 2.29. The molecule has 0 spiro atoms. The average molecular weight is 282 g/mol. The fourth-order valence-electron chi connectivity index (χ4n) is 1.71. The number of hydrogen-bond acceptors (Lipinski definition) is 4. The first kappa shape index (κ1) is 14.0. The smallest absolute Gasteiger partial charge is 0.0453 e. The first-order valence-electron chi connectivity index (χ1n) is 6.38. The molecular weight excluding hydrogens is 260 g/mol. The number of hydrogen-bond donors (Lipinski definition) is 2. The van der Waals surface area contributed by atoms with E-state index < -0.39 is 0 Å². The predicted octanol–water partition coefficient (Wildman–Crippen LogP) is 3.83. The molecule has 0 aromatic carbocycles. The summed E-state index contributed by atoms with van der Waals surface area (Å²) in [6, 6.07) is 5.00. The lowest BCUT2D eigenvalue weighted by atomic mass is 10.1. The minimum atomic E-state index is 0.196. The standard InChI is InChI=1S/C14H22N2S2/c1-10(8-16-14(2,3)4)15-9-11-7-13-12(18-11)5-6-17-13/h5-7,10,15-16H,8-9H2,1-4H3. The minimum absolute atomic E-state index is 0.196. The lowest BCUT2D eigenvalue weighted by Crippen LogP contribution is -2.44. The van der Waals surface area contributed by atoms with Crippen molar-refractivity contribution in [3.8, 4) is 0 Å². The maximum absolute atomic E-state index is 3.57. The zero-order chi connectivity index (χ0) is 13.2. The van der Waals surface area contributed by atoms with E-state index in [2.05, 4.69) is 55.8 Å². The van der Waals surface area contributed by atoms with Crippen LogP contribution < -0.4 is 10.6 Å². The van der Waals surface area contributed by atoms with Gasteiger partial charge in [0.2, 0.25) is 0 Å². The molecule has 0 aliphatic heterocycles. The van der Waals surface area contributed by atoms with E-state index in [1.165, 1.54) is 14.3 Å². The first-order chi connectivity index (χ1) is 8.44. The highest BCUT2D eigenvalue weighted by atomic mass is 32.1. The Morgan fingerprint density at radius 1 is 1.28 bits per heavy atom. The molecule has 0 saturated carbocycles. The van der Waals surface area contributed by atoms with Gasteiger partial charge in [-0.15, -0.1) is 22.7 Å². The van der Waals surface area contributed by atoms with Crippen LogP contribution in [0.15, 0.2) is 17.5 Å². The molecule has 0 amide bonds. The van der Waals surface area contributed by atoms with Gasteiger partial charge in [-0.05, 0) is 45.2 Å². The van der Waals surface area contributed by atoms with E-state index in [0.29, 0.717) is 6.04 Å². The summed E-state index contributed by atoms with van der Waals surface area (Å²) in [7, 11) is 0. The Kier molecular flexibility index (Phi) is 4.43. The Hall–Kier alpha value is -0.420. The van der Waals surface area contributed by atoms with Crippen LogP contribution in [0.2, 0.25) is 0 Å². The van der Waals surface area contributed by atoms with Gasteiger partial charge >= 0.3 is 0 Å². The van der Waals surface area contributed by atoms with Crippen LogP contribution in [-0.4, -0.2) is 18.1 Å². The number of thiophene rings is 2. The van der Waals surface area contributed by atoms with Crippen LogP contribution in [-0.2, 0) is 6.54 Å². The third-order valence-electron chi connectivity index (χ3n) is 2.75. The SMILES string of the molecule is CC(CNC(C)(C)C)NCc1cc2sccc2s1. The van der Waals surface area contributed by atoms with E-state index in [4.69, 9.17) is 0 Å². The maximum Gasteiger partial charge on any atom is 0.0453 e. The van der Waals surface area contributed by atoms with E-state index in [9.17, 15) is 0 Å². The van der Waals surface area contributed by atoms with Gasteiger partial charge in [0, 0.05) is 38.9 Å². The summed E-state index contributed by atoms with van der Waals surface area (Å²) in [5, 5.41) is 9.26. The Morgan fingerprint density at radius 3 is 2.72 bits per heavy atom. The van der Waals surface area contributed by atoms with Crippen LogP contribution in [0.25, 0.3) is 9.40 Å². The lowest BCUT2D eigenvalue weighted by Gasteiger charge is -2.23. The van der Waals surface area contributed by atoms with Crippen molar-refractivity contribution in [1.29, 1.82) is 0 Å². The molecule has 1 atom stereocenters. The molecule has 0 fully saturated rings. The third-order valence-corrected chi connectivity index (χ3v) is 4.85. The summed E-state index contributed by atoms with van der Waals surface area (Å²) >= 11 is 3.72.